The number of ether oxygens (including phenoxy) is 1. The molecule has 0 bridgehead atoms. The second-order valence-corrected chi connectivity index (χ2v) is 4.10. The fraction of sp³-hybridized carbons (Fsp3) is 0.889. The molecule has 0 aromatic rings. The minimum absolute atomic E-state index is 0.0908. The number of nitrogens with one attached hydrogen (secondary N) is 1. The van der Waals surface area contributed by atoms with E-state index in [1.807, 2.05) is 0 Å². The summed E-state index contributed by atoms with van der Waals surface area (Å²) in [5, 5.41) is 2.78. The summed E-state index contributed by atoms with van der Waals surface area (Å²) in [4.78, 5) is 11.1. The fourth-order valence-electron chi connectivity index (χ4n) is 1.19. The van der Waals surface area contributed by atoms with Crippen LogP contribution >= 0.6 is 0 Å². The van der Waals surface area contributed by atoms with Crippen LogP contribution in [0.5, 0.6) is 0 Å². The van der Waals surface area contributed by atoms with Crippen LogP contribution in [0, 0.1) is 0 Å². The summed E-state index contributed by atoms with van der Waals surface area (Å²) in [6.07, 6.45) is -4.41. The number of carbonyl (C=O) groups is 1. The molecular weight excluding hydrogens is 225 g/mol. The molecule has 3 N–H and O–H groups in total. The Morgan fingerprint density at radius 3 is 2.19 bits per heavy atom. The van der Waals surface area contributed by atoms with Gasteiger partial charge in [-0.15, -0.1) is 0 Å². The molecule has 0 fully saturated rings. The third-order valence-corrected chi connectivity index (χ3v) is 1.81. The van der Waals surface area contributed by atoms with Crippen LogP contribution in [0.2, 0.25) is 0 Å². The van der Waals surface area contributed by atoms with Gasteiger partial charge in [0.25, 0.3) is 0 Å². The summed E-state index contributed by atoms with van der Waals surface area (Å²) in [6.45, 7) is 3.11. The number of primary amides is 1. The van der Waals surface area contributed by atoms with E-state index in [0.29, 0.717) is 0 Å². The molecule has 16 heavy (non-hydrogen) atoms. The normalized spacial score (nSPS) is 16.2. The number of halogens is 3. The van der Waals surface area contributed by atoms with Gasteiger partial charge in [-0.2, -0.15) is 13.2 Å². The maximum absolute atomic E-state index is 11.8. The van der Waals surface area contributed by atoms with E-state index in [0.717, 1.165) is 0 Å². The van der Waals surface area contributed by atoms with Gasteiger partial charge >= 0.3 is 6.18 Å². The number of hydrogen-bond donors (Lipinski definition) is 2. The van der Waals surface area contributed by atoms with Gasteiger partial charge in [0.1, 0.15) is 12.1 Å². The first-order valence-corrected chi connectivity index (χ1v) is 4.79. The van der Waals surface area contributed by atoms with Crippen LogP contribution < -0.4 is 11.1 Å². The molecule has 0 aromatic carbocycles. The predicted octanol–water partition coefficient (Wildman–Crippen LogP) is 0.807. The lowest BCUT2D eigenvalue weighted by Gasteiger charge is -2.29. The van der Waals surface area contributed by atoms with Gasteiger partial charge in [-0.1, -0.05) is 0 Å². The lowest BCUT2D eigenvalue weighted by molar-refractivity contribution is -0.179. The van der Waals surface area contributed by atoms with Gasteiger partial charge < -0.3 is 10.5 Å². The topological polar surface area (TPSA) is 64.3 Å². The second kappa shape index (κ2) is 5.49. The average molecular weight is 242 g/mol. The molecule has 96 valence electrons. The van der Waals surface area contributed by atoms with Crippen LogP contribution in [0.25, 0.3) is 0 Å². The third kappa shape index (κ3) is 5.92. The molecule has 1 atom stereocenters. The molecule has 0 aliphatic rings. The van der Waals surface area contributed by atoms with Crippen LogP contribution in [-0.4, -0.2) is 36.9 Å². The van der Waals surface area contributed by atoms with Gasteiger partial charge in [-0.3, -0.25) is 10.1 Å². The zero-order valence-electron chi connectivity index (χ0n) is 9.52. The first kappa shape index (κ1) is 15.2. The van der Waals surface area contributed by atoms with Crippen molar-refractivity contribution in [3.05, 3.63) is 0 Å². The Hall–Kier alpha value is -0.820. The number of alkyl halides is 3. The summed E-state index contributed by atoms with van der Waals surface area (Å²) < 4.78 is 39.9. The Morgan fingerprint density at radius 1 is 1.38 bits per heavy atom. The summed E-state index contributed by atoms with van der Waals surface area (Å²) in [5.41, 5.74) is 3.81. The van der Waals surface area contributed by atoms with Gasteiger partial charge in [-0.05, 0) is 20.8 Å². The molecule has 1 amide bonds. The van der Waals surface area contributed by atoms with Crippen molar-refractivity contribution in [2.24, 2.45) is 5.73 Å². The highest BCUT2D eigenvalue weighted by atomic mass is 19.4. The average Bonchev–Trinajstić information content (AvgIpc) is 1.99. The number of carbonyl (C=O) groups excluding carboxylic acids is 1. The van der Waals surface area contributed by atoms with Gasteiger partial charge in [0, 0.05) is 6.04 Å². The summed E-state index contributed by atoms with van der Waals surface area (Å²) in [6, 6.07) is -0.0908. The molecule has 7 heteroatoms. The van der Waals surface area contributed by atoms with Gasteiger partial charge in [0.2, 0.25) is 5.91 Å². The molecule has 0 rings (SSSR count). The minimum Gasteiger partial charge on any atom is -0.370 e. The Bertz CT molecular complexity index is 243. The predicted molar refractivity (Wildman–Crippen MR) is 52.7 cm³/mol. The molecule has 0 aliphatic heterocycles. The summed E-state index contributed by atoms with van der Waals surface area (Å²) in [7, 11) is 0. The monoisotopic (exact) mass is 242 g/mol. The van der Waals surface area contributed by atoms with Crippen molar-refractivity contribution in [2.75, 3.05) is 13.2 Å². The van der Waals surface area contributed by atoms with Crippen LogP contribution in [-0.2, 0) is 9.53 Å². The molecule has 0 heterocycles. The molecular formula is C9H17F3N2O2. The van der Waals surface area contributed by atoms with Crippen molar-refractivity contribution in [1.82, 2.24) is 5.32 Å². The largest absolute Gasteiger partial charge is 0.411 e. The number of rotatable bonds is 6. The Morgan fingerprint density at radius 2 is 1.88 bits per heavy atom. The maximum Gasteiger partial charge on any atom is 0.411 e. The lowest BCUT2D eigenvalue weighted by Crippen LogP contribution is -2.58. The number of hydrogen-bond acceptors (Lipinski definition) is 3. The molecule has 0 aliphatic carbocycles. The van der Waals surface area contributed by atoms with Crippen molar-refractivity contribution < 1.29 is 22.7 Å². The standard InChI is InChI=1S/C9H17F3N2O2/c1-6(2)14-8(3,7(13)15)4-16-5-9(10,11)12/h6,14H,4-5H2,1-3H3,(H2,13,15). The smallest absolute Gasteiger partial charge is 0.370 e. The lowest BCUT2D eigenvalue weighted by atomic mass is 10.0. The molecule has 0 saturated heterocycles. The van der Waals surface area contributed by atoms with E-state index in [-0.39, 0.29) is 6.04 Å². The highest BCUT2D eigenvalue weighted by Crippen LogP contribution is 2.16. The number of nitrogens with two attached hydrogens (primary N) is 1. The quantitative estimate of drug-likeness (QED) is 0.724. The van der Waals surface area contributed by atoms with E-state index in [4.69, 9.17) is 5.73 Å². The Balaban J connectivity index is 4.29. The van der Waals surface area contributed by atoms with Gasteiger partial charge in [0.05, 0.1) is 6.61 Å². The van der Waals surface area contributed by atoms with Gasteiger partial charge in [0.15, 0.2) is 0 Å². The fourth-order valence-corrected chi connectivity index (χ4v) is 1.19. The zero-order valence-corrected chi connectivity index (χ0v) is 9.52. The molecule has 0 aromatic heterocycles. The SMILES string of the molecule is CC(C)NC(C)(COCC(F)(F)F)C(N)=O. The highest BCUT2D eigenvalue weighted by Gasteiger charge is 2.34. The highest BCUT2D eigenvalue weighted by molar-refractivity contribution is 5.84. The van der Waals surface area contributed by atoms with E-state index in [2.05, 4.69) is 10.1 Å². The molecule has 1 unspecified atom stereocenters. The van der Waals surface area contributed by atoms with Crippen molar-refractivity contribution >= 4 is 5.91 Å². The van der Waals surface area contributed by atoms with Crippen molar-refractivity contribution in [2.45, 2.75) is 38.5 Å². The van der Waals surface area contributed by atoms with Crippen LogP contribution in [0.4, 0.5) is 13.2 Å². The molecule has 4 nitrogen and oxygen atoms in total. The molecule has 0 radical (unpaired) electrons. The van der Waals surface area contributed by atoms with Crippen LogP contribution in [0.3, 0.4) is 0 Å². The third-order valence-electron chi connectivity index (χ3n) is 1.81. The minimum atomic E-state index is -4.41. The van der Waals surface area contributed by atoms with E-state index in [9.17, 15) is 18.0 Å². The molecule has 0 saturated carbocycles. The first-order chi connectivity index (χ1) is 7.07. The second-order valence-electron chi connectivity index (χ2n) is 4.10. The van der Waals surface area contributed by atoms with Crippen LogP contribution in [0.15, 0.2) is 0 Å². The van der Waals surface area contributed by atoms with Crippen LogP contribution in [0.1, 0.15) is 20.8 Å². The number of amides is 1. The Labute approximate surface area is 92.3 Å². The summed E-state index contributed by atoms with van der Waals surface area (Å²) >= 11 is 0. The molecule has 0 spiro atoms. The summed E-state index contributed by atoms with van der Waals surface area (Å²) in [5.74, 6) is -0.747. The zero-order chi connectivity index (χ0) is 13.0. The van der Waals surface area contributed by atoms with Crippen molar-refractivity contribution in [3.63, 3.8) is 0 Å². The van der Waals surface area contributed by atoms with E-state index < -0.39 is 30.8 Å². The Kier molecular flexibility index (Phi) is 5.21. The van der Waals surface area contributed by atoms with E-state index in [1.165, 1.54) is 6.92 Å². The van der Waals surface area contributed by atoms with Crippen molar-refractivity contribution in [1.29, 1.82) is 0 Å². The van der Waals surface area contributed by atoms with Crippen molar-refractivity contribution in [3.8, 4) is 0 Å². The van der Waals surface area contributed by atoms with E-state index >= 15 is 0 Å². The van der Waals surface area contributed by atoms with E-state index in [1.54, 1.807) is 13.8 Å². The first-order valence-electron chi connectivity index (χ1n) is 4.79. The van der Waals surface area contributed by atoms with Gasteiger partial charge in [-0.25, -0.2) is 0 Å². The maximum atomic E-state index is 11.8.